The lowest BCUT2D eigenvalue weighted by molar-refractivity contribution is -0.193. The number of aliphatic carboxylic acids is 3. The smallest absolute Gasteiger partial charge is 0.475 e. The fourth-order valence-electron chi connectivity index (χ4n) is 3.89. The molecule has 3 heterocycles. The predicted molar refractivity (Wildman–Crippen MR) is 154 cm³/mol. The number of alkyl halides is 9. The van der Waals surface area contributed by atoms with E-state index in [1.54, 1.807) is 6.33 Å². The quantitative estimate of drug-likeness (QED) is 0.204. The molecule has 50 heavy (non-hydrogen) atoms. The fraction of sp³-hybridized carbons (Fsp3) is 0.250. The highest BCUT2D eigenvalue weighted by molar-refractivity contribution is 5.93. The average Bonchev–Trinajstić information content (AvgIpc) is 3.59. The number of nitrogens with zero attached hydrogens (tertiary/aromatic N) is 6. The van der Waals surface area contributed by atoms with Gasteiger partial charge in [0.1, 0.15) is 18.2 Å². The van der Waals surface area contributed by atoms with Crippen LogP contribution in [0.5, 0.6) is 0 Å². The van der Waals surface area contributed by atoms with Gasteiger partial charge in [0.05, 0.1) is 23.0 Å². The normalized spacial score (nSPS) is 13.0. The van der Waals surface area contributed by atoms with Crippen molar-refractivity contribution < 1.29 is 69.2 Å². The van der Waals surface area contributed by atoms with Gasteiger partial charge in [0, 0.05) is 43.3 Å². The third kappa shape index (κ3) is 11.8. The number of nitriles is 1. The van der Waals surface area contributed by atoms with Gasteiger partial charge in [-0.3, -0.25) is 5.10 Å². The van der Waals surface area contributed by atoms with Crippen LogP contribution in [0, 0.1) is 11.3 Å². The van der Waals surface area contributed by atoms with Crippen molar-refractivity contribution in [1.29, 1.82) is 5.26 Å². The number of halogens is 9. The molecule has 1 aliphatic rings. The fourth-order valence-corrected chi connectivity index (χ4v) is 3.89. The summed E-state index contributed by atoms with van der Waals surface area (Å²) in [5, 5.41) is 38.7. The molecule has 0 saturated carbocycles. The second kappa shape index (κ2) is 16.8. The van der Waals surface area contributed by atoms with Crippen LogP contribution >= 0.6 is 0 Å². The molecule has 4 aromatic rings. The summed E-state index contributed by atoms with van der Waals surface area (Å²) in [6.07, 6.45) is -9.92. The van der Waals surface area contributed by atoms with E-state index in [0.717, 1.165) is 65.3 Å². The molecule has 2 aromatic heterocycles. The first-order valence-electron chi connectivity index (χ1n) is 13.3. The number of hydrogen-bond donors (Lipinski definition) is 4. The van der Waals surface area contributed by atoms with Gasteiger partial charge in [0.25, 0.3) is 0 Å². The van der Waals surface area contributed by atoms with Crippen LogP contribution in [0.25, 0.3) is 22.0 Å². The molecule has 0 atom stereocenters. The number of anilines is 2. The second-order valence-corrected chi connectivity index (χ2v) is 9.43. The first kappa shape index (κ1) is 40.0. The molecule has 2 aromatic carbocycles. The lowest BCUT2D eigenvalue weighted by atomic mass is 10.1. The van der Waals surface area contributed by atoms with Crippen LogP contribution in [0.1, 0.15) is 5.56 Å². The lowest BCUT2D eigenvalue weighted by Gasteiger charge is -2.37. The Kier molecular flexibility index (Phi) is 13.5. The van der Waals surface area contributed by atoms with E-state index in [1.807, 2.05) is 42.7 Å². The number of piperazine rings is 1. The van der Waals surface area contributed by atoms with Crippen LogP contribution in [-0.2, 0) is 14.4 Å². The Balaban J connectivity index is 0.000000338. The van der Waals surface area contributed by atoms with E-state index in [9.17, 15) is 44.8 Å². The maximum Gasteiger partial charge on any atom is 0.490 e. The van der Waals surface area contributed by atoms with Crippen molar-refractivity contribution in [3.05, 3.63) is 66.7 Å². The van der Waals surface area contributed by atoms with Gasteiger partial charge in [0.2, 0.25) is 0 Å². The molecule has 22 heteroatoms. The number of H-pyrrole nitrogens is 1. The van der Waals surface area contributed by atoms with Gasteiger partial charge < -0.3 is 25.1 Å². The van der Waals surface area contributed by atoms with Crippen LogP contribution in [-0.4, -0.2) is 98.1 Å². The number of nitrogens with one attached hydrogen (secondary N) is 1. The first-order valence-corrected chi connectivity index (χ1v) is 13.3. The molecule has 268 valence electrons. The SMILES string of the molecule is N#Cc1ccccc1N1CCN(c2ncnc3ccc(-c4cn[nH]c4)cc23)CC1.O=C(O)C(F)(F)F.O=C(O)C(F)(F)F.O=C(O)C(F)(F)F. The van der Waals surface area contributed by atoms with E-state index in [4.69, 9.17) is 29.7 Å². The Hall–Kier alpha value is -6.14. The van der Waals surface area contributed by atoms with Crippen molar-refractivity contribution in [3.8, 4) is 17.2 Å². The van der Waals surface area contributed by atoms with Gasteiger partial charge in [0.15, 0.2) is 0 Å². The predicted octanol–water partition coefficient (Wildman–Crippen LogP) is 5.12. The van der Waals surface area contributed by atoms with Gasteiger partial charge in [-0.25, -0.2) is 24.4 Å². The number of para-hydroxylation sites is 1. The van der Waals surface area contributed by atoms with Crippen LogP contribution in [0.15, 0.2) is 61.2 Å². The van der Waals surface area contributed by atoms with Crippen molar-refractivity contribution in [3.63, 3.8) is 0 Å². The molecule has 0 amide bonds. The van der Waals surface area contributed by atoms with E-state index in [2.05, 4.69) is 48.2 Å². The van der Waals surface area contributed by atoms with Crippen LogP contribution in [0.4, 0.5) is 51.0 Å². The molecule has 13 nitrogen and oxygen atoms in total. The highest BCUT2D eigenvalue weighted by atomic mass is 19.4. The zero-order valence-corrected chi connectivity index (χ0v) is 24.8. The number of aromatic amines is 1. The minimum atomic E-state index is -5.08. The molecule has 0 aliphatic carbocycles. The van der Waals surface area contributed by atoms with Gasteiger partial charge in [-0.1, -0.05) is 18.2 Å². The summed E-state index contributed by atoms with van der Waals surface area (Å²) >= 11 is 0. The third-order valence-corrected chi connectivity index (χ3v) is 6.12. The zero-order chi connectivity index (χ0) is 37.9. The summed E-state index contributed by atoms with van der Waals surface area (Å²) in [6, 6.07) is 16.3. The topological polar surface area (TPSA) is 197 Å². The third-order valence-electron chi connectivity index (χ3n) is 6.12. The van der Waals surface area contributed by atoms with Crippen molar-refractivity contribution in [2.24, 2.45) is 0 Å². The lowest BCUT2D eigenvalue weighted by Crippen LogP contribution is -2.47. The number of carboxylic acids is 3. The van der Waals surface area contributed by atoms with E-state index >= 15 is 0 Å². The molecule has 5 rings (SSSR count). The highest BCUT2D eigenvalue weighted by Crippen LogP contribution is 2.30. The van der Waals surface area contributed by atoms with Gasteiger partial charge in [-0.05, 0) is 29.8 Å². The summed E-state index contributed by atoms with van der Waals surface area (Å²) in [5.74, 6) is -7.32. The van der Waals surface area contributed by atoms with E-state index < -0.39 is 36.4 Å². The van der Waals surface area contributed by atoms with Crippen molar-refractivity contribution >= 4 is 40.3 Å². The molecule has 1 fully saturated rings. The number of carboxylic acid groups (broad SMARTS) is 3. The highest BCUT2D eigenvalue weighted by Gasteiger charge is 2.39. The molecular weight excluding hydrogens is 701 g/mol. The molecule has 0 bridgehead atoms. The average molecular weight is 724 g/mol. The number of hydrogen-bond acceptors (Lipinski definition) is 9. The first-order chi connectivity index (χ1) is 23.2. The molecule has 0 unspecified atom stereocenters. The summed E-state index contributed by atoms with van der Waals surface area (Å²) in [7, 11) is 0. The number of aromatic nitrogens is 4. The molecule has 1 aliphatic heterocycles. The summed E-state index contributed by atoms with van der Waals surface area (Å²) in [4.78, 5) is 40.3. The van der Waals surface area contributed by atoms with Crippen molar-refractivity contribution in [2.75, 3.05) is 36.0 Å². The maximum atomic E-state index is 10.6. The molecule has 4 N–H and O–H groups in total. The Morgan fingerprint density at radius 1 is 0.740 bits per heavy atom. The summed E-state index contributed by atoms with van der Waals surface area (Å²) < 4.78 is 95.2. The van der Waals surface area contributed by atoms with Crippen LogP contribution in [0.2, 0.25) is 0 Å². The Bertz CT molecular complexity index is 1740. The van der Waals surface area contributed by atoms with Crippen molar-refractivity contribution in [1.82, 2.24) is 20.2 Å². The van der Waals surface area contributed by atoms with E-state index in [-0.39, 0.29) is 0 Å². The maximum absolute atomic E-state index is 10.6. The Morgan fingerprint density at radius 2 is 1.24 bits per heavy atom. The van der Waals surface area contributed by atoms with Gasteiger partial charge in [-0.15, -0.1) is 0 Å². The minimum Gasteiger partial charge on any atom is -0.475 e. The zero-order valence-electron chi connectivity index (χ0n) is 24.8. The van der Waals surface area contributed by atoms with Crippen molar-refractivity contribution in [2.45, 2.75) is 18.5 Å². The summed E-state index contributed by atoms with van der Waals surface area (Å²) in [6.45, 7) is 3.35. The largest absolute Gasteiger partial charge is 0.490 e. The second-order valence-electron chi connectivity index (χ2n) is 9.43. The monoisotopic (exact) mass is 723 g/mol. The van der Waals surface area contributed by atoms with Gasteiger partial charge >= 0.3 is 36.4 Å². The summed E-state index contributed by atoms with van der Waals surface area (Å²) in [5.41, 5.74) is 4.78. The minimum absolute atomic E-state index is 0.721. The molecule has 0 spiro atoms. The molecule has 0 radical (unpaired) electrons. The van der Waals surface area contributed by atoms with E-state index in [1.165, 1.54) is 0 Å². The number of fused-ring (bicyclic) bond motifs is 1. The molecular formula is C28H22F9N7O6. The number of rotatable bonds is 3. The Labute approximate surface area is 273 Å². The van der Waals surface area contributed by atoms with E-state index in [0.29, 0.717) is 0 Å². The van der Waals surface area contributed by atoms with Gasteiger partial charge in [-0.2, -0.15) is 49.9 Å². The van der Waals surface area contributed by atoms with Crippen LogP contribution in [0.3, 0.4) is 0 Å². The number of benzene rings is 2. The number of carbonyl (C=O) groups is 3. The standard InChI is InChI=1S/C22H19N7.3C2HF3O2/c23-12-17-3-1-2-4-21(17)28-7-9-29(10-8-28)22-19-11-16(18-13-26-27-14-18)5-6-20(19)24-15-25-22;3*3-2(4,5)1(6)7/h1-6,11,13-15H,7-10H2,(H,26,27);3*(H,6,7). The van der Waals surface area contributed by atoms with Crippen LogP contribution < -0.4 is 9.80 Å². The Morgan fingerprint density at radius 3 is 1.70 bits per heavy atom. The molecule has 1 saturated heterocycles.